The molecule has 0 bridgehead atoms. The van der Waals surface area contributed by atoms with E-state index in [4.69, 9.17) is 0 Å². The van der Waals surface area contributed by atoms with Gasteiger partial charge in [0, 0.05) is 6.04 Å². The predicted octanol–water partition coefficient (Wildman–Crippen LogP) is 6.03. The van der Waals surface area contributed by atoms with E-state index in [1.54, 1.807) is 0 Å². The van der Waals surface area contributed by atoms with Gasteiger partial charge in [-0.3, -0.25) is 0 Å². The summed E-state index contributed by atoms with van der Waals surface area (Å²) in [6.07, 6.45) is 11.2. The molecule has 2 unspecified atom stereocenters. The molecule has 21 heavy (non-hydrogen) atoms. The molecule has 1 heteroatoms. The molecule has 0 aliphatic heterocycles. The Morgan fingerprint density at radius 1 is 1.05 bits per heavy atom. The van der Waals surface area contributed by atoms with Crippen LogP contribution in [0.15, 0.2) is 0 Å². The third-order valence-corrected chi connectivity index (χ3v) is 5.31. The van der Waals surface area contributed by atoms with Gasteiger partial charge in [-0.15, -0.1) is 0 Å². The summed E-state index contributed by atoms with van der Waals surface area (Å²) in [6.45, 7) is 15.4. The van der Waals surface area contributed by atoms with E-state index in [0.717, 1.165) is 23.8 Å². The Labute approximate surface area is 134 Å². The SMILES string of the molecule is CCCNC(CC(C)CC(C)(C)C)C1CCC(CC)CC1. The fraction of sp³-hybridized carbons (Fsp3) is 1.00. The zero-order valence-electron chi connectivity index (χ0n) is 15.7. The average Bonchev–Trinajstić information content (AvgIpc) is 2.41. The van der Waals surface area contributed by atoms with Gasteiger partial charge in [0.1, 0.15) is 0 Å². The smallest absolute Gasteiger partial charge is 0.00978 e. The second-order valence-electron chi connectivity index (χ2n) is 8.86. The average molecular weight is 296 g/mol. The third-order valence-electron chi connectivity index (χ3n) is 5.31. The summed E-state index contributed by atoms with van der Waals surface area (Å²) in [5.41, 5.74) is 0.467. The molecule has 0 aromatic heterocycles. The molecule has 126 valence electrons. The fourth-order valence-electron chi connectivity index (χ4n) is 4.33. The van der Waals surface area contributed by atoms with Crippen LogP contribution in [0.3, 0.4) is 0 Å². The third kappa shape index (κ3) is 7.68. The van der Waals surface area contributed by atoms with Crippen LogP contribution in [0.1, 0.15) is 92.9 Å². The Morgan fingerprint density at radius 3 is 2.14 bits per heavy atom. The standard InChI is InChI=1S/C20H41N/c1-7-13-21-19(14-16(3)15-20(4,5)6)18-11-9-17(8-2)10-12-18/h16-19,21H,7-15H2,1-6H3. The van der Waals surface area contributed by atoms with Gasteiger partial charge in [-0.05, 0) is 61.8 Å². The van der Waals surface area contributed by atoms with Gasteiger partial charge >= 0.3 is 0 Å². The van der Waals surface area contributed by atoms with Crippen molar-refractivity contribution in [3.63, 3.8) is 0 Å². The van der Waals surface area contributed by atoms with Crippen LogP contribution < -0.4 is 5.32 Å². The van der Waals surface area contributed by atoms with E-state index in [1.807, 2.05) is 0 Å². The van der Waals surface area contributed by atoms with Crippen molar-refractivity contribution in [3.05, 3.63) is 0 Å². The molecule has 1 nitrogen and oxygen atoms in total. The molecule has 0 radical (unpaired) electrons. The summed E-state index contributed by atoms with van der Waals surface area (Å²) in [6, 6.07) is 0.764. The first kappa shape index (κ1) is 19.0. The maximum Gasteiger partial charge on any atom is 0.00978 e. The summed E-state index contributed by atoms with van der Waals surface area (Å²) >= 11 is 0. The van der Waals surface area contributed by atoms with Gasteiger partial charge in [-0.25, -0.2) is 0 Å². The first-order chi connectivity index (χ1) is 9.85. The molecule has 1 N–H and O–H groups in total. The Hall–Kier alpha value is -0.0400. The summed E-state index contributed by atoms with van der Waals surface area (Å²) in [7, 11) is 0. The van der Waals surface area contributed by atoms with E-state index in [9.17, 15) is 0 Å². The molecule has 0 saturated heterocycles. The molecule has 0 aromatic rings. The van der Waals surface area contributed by atoms with E-state index in [2.05, 4.69) is 46.9 Å². The summed E-state index contributed by atoms with van der Waals surface area (Å²) in [4.78, 5) is 0. The van der Waals surface area contributed by atoms with E-state index < -0.39 is 0 Å². The highest BCUT2D eigenvalue weighted by atomic mass is 14.9. The van der Waals surface area contributed by atoms with E-state index in [-0.39, 0.29) is 0 Å². The van der Waals surface area contributed by atoms with Gasteiger partial charge in [-0.1, -0.05) is 60.8 Å². The summed E-state index contributed by atoms with van der Waals surface area (Å²) in [5, 5.41) is 3.89. The van der Waals surface area contributed by atoms with Crippen LogP contribution in [0.2, 0.25) is 0 Å². The molecule has 0 amide bonds. The number of rotatable bonds is 8. The molecule has 1 aliphatic rings. The lowest BCUT2D eigenvalue weighted by Gasteiger charge is -2.36. The van der Waals surface area contributed by atoms with Crippen molar-refractivity contribution in [1.29, 1.82) is 0 Å². The van der Waals surface area contributed by atoms with Crippen LogP contribution in [-0.4, -0.2) is 12.6 Å². The Kier molecular flexibility index (Phi) is 8.31. The first-order valence-electron chi connectivity index (χ1n) is 9.59. The predicted molar refractivity (Wildman–Crippen MR) is 95.7 cm³/mol. The van der Waals surface area contributed by atoms with Crippen molar-refractivity contribution in [2.45, 2.75) is 99.0 Å². The maximum atomic E-state index is 3.89. The van der Waals surface area contributed by atoms with Gasteiger partial charge in [0.15, 0.2) is 0 Å². The van der Waals surface area contributed by atoms with Crippen LogP contribution in [0.25, 0.3) is 0 Å². The van der Waals surface area contributed by atoms with Crippen LogP contribution >= 0.6 is 0 Å². The second-order valence-corrected chi connectivity index (χ2v) is 8.86. The minimum atomic E-state index is 0.467. The Morgan fingerprint density at radius 2 is 1.67 bits per heavy atom. The molecule has 1 saturated carbocycles. The van der Waals surface area contributed by atoms with Crippen LogP contribution in [-0.2, 0) is 0 Å². The fourth-order valence-corrected chi connectivity index (χ4v) is 4.33. The number of nitrogens with one attached hydrogen (secondary N) is 1. The highest BCUT2D eigenvalue weighted by Crippen LogP contribution is 2.35. The number of hydrogen-bond donors (Lipinski definition) is 1. The molecule has 0 heterocycles. The topological polar surface area (TPSA) is 12.0 Å². The lowest BCUT2D eigenvalue weighted by molar-refractivity contribution is 0.185. The van der Waals surface area contributed by atoms with Crippen LogP contribution in [0.4, 0.5) is 0 Å². The second kappa shape index (κ2) is 9.18. The molecule has 0 aromatic carbocycles. The zero-order valence-corrected chi connectivity index (χ0v) is 15.7. The van der Waals surface area contributed by atoms with E-state index in [1.165, 1.54) is 57.9 Å². The molecular weight excluding hydrogens is 254 g/mol. The van der Waals surface area contributed by atoms with E-state index in [0.29, 0.717) is 5.41 Å². The van der Waals surface area contributed by atoms with Crippen molar-refractivity contribution >= 4 is 0 Å². The molecular formula is C20H41N. The van der Waals surface area contributed by atoms with Gasteiger partial charge in [-0.2, -0.15) is 0 Å². The quantitative estimate of drug-likeness (QED) is 0.576. The molecule has 1 fully saturated rings. The summed E-state index contributed by atoms with van der Waals surface area (Å²) in [5.74, 6) is 2.78. The molecule has 1 aliphatic carbocycles. The van der Waals surface area contributed by atoms with Crippen molar-refractivity contribution in [2.75, 3.05) is 6.54 Å². The summed E-state index contributed by atoms with van der Waals surface area (Å²) < 4.78 is 0. The first-order valence-corrected chi connectivity index (χ1v) is 9.59. The number of hydrogen-bond acceptors (Lipinski definition) is 1. The minimum Gasteiger partial charge on any atom is -0.314 e. The molecule has 0 spiro atoms. The van der Waals surface area contributed by atoms with Crippen LogP contribution in [0.5, 0.6) is 0 Å². The zero-order chi connectivity index (χ0) is 15.9. The van der Waals surface area contributed by atoms with Gasteiger partial charge in [0.05, 0.1) is 0 Å². The van der Waals surface area contributed by atoms with Gasteiger partial charge < -0.3 is 5.32 Å². The van der Waals surface area contributed by atoms with Gasteiger partial charge in [0.2, 0.25) is 0 Å². The largest absolute Gasteiger partial charge is 0.314 e. The van der Waals surface area contributed by atoms with Crippen molar-refractivity contribution in [3.8, 4) is 0 Å². The maximum absolute atomic E-state index is 3.89. The van der Waals surface area contributed by atoms with Crippen molar-refractivity contribution < 1.29 is 0 Å². The van der Waals surface area contributed by atoms with Crippen molar-refractivity contribution in [1.82, 2.24) is 5.32 Å². The molecule has 2 atom stereocenters. The minimum absolute atomic E-state index is 0.467. The highest BCUT2D eigenvalue weighted by Gasteiger charge is 2.28. The lowest BCUT2D eigenvalue weighted by Crippen LogP contribution is -2.40. The molecule has 1 rings (SSSR count). The Balaban J connectivity index is 2.51. The van der Waals surface area contributed by atoms with Gasteiger partial charge in [0.25, 0.3) is 0 Å². The monoisotopic (exact) mass is 295 g/mol. The lowest BCUT2D eigenvalue weighted by atomic mass is 9.74. The van der Waals surface area contributed by atoms with Crippen LogP contribution in [0, 0.1) is 23.2 Å². The van der Waals surface area contributed by atoms with Crippen molar-refractivity contribution in [2.24, 2.45) is 23.2 Å². The Bertz CT molecular complexity index is 258. The normalized spacial score (nSPS) is 26.6. The highest BCUT2D eigenvalue weighted by molar-refractivity contribution is 4.84. The van der Waals surface area contributed by atoms with E-state index >= 15 is 0 Å².